The van der Waals surface area contributed by atoms with Gasteiger partial charge in [-0.3, -0.25) is 9.69 Å². The quantitative estimate of drug-likeness (QED) is 0.552. The fourth-order valence-corrected chi connectivity index (χ4v) is 7.50. The Bertz CT molecular complexity index is 1210. The molecule has 5 aliphatic rings. The second kappa shape index (κ2) is 6.52. The Morgan fingerprint density at radius 2 is 2.12 bits per heavy atom. The maximum atomic E-state index is 13.3. The number of nitrogens with one attached hydrogen (secondary N) is 1. The van der Waals surface area contributed by atoms with Crippen LogP contribution in [-0.2, 0) is 16.6 Å². The molecule has 2 aliphatic heterocycles. The predicted octanol–water partition coefficient (Wildman–Crippen LogP) is 3.08. The normalized spacial score (nSPS) is 34.1. The van der Waals surface area contributed by atoms with Crippen LogP contribution in [0.2, 0.25) is 0 Å². The Kier molecular flexibility index (Phi) is 3.93. The minimum atomic E-state index is -1.29. The molecule has 0 unspecified atom stereocenters. The van der Waals surface area contributed by atoms with Crippen molar-refractivity contribution >= 4 is 22.9 Å². The van der Waals surface area contributed by atoms with Crippen molar-refractivity contribution in [3.05, 3.63) is 51.4 Å². The van der Waals surface area contributed by atoms with Crippen LogP contribution in [0.3, 0.4) is 0 Å². The van der Waals surface area contributed by atoms with Crippen molar-refractivity contribution in [2.75, 3.05) is 18.4 Å². The van der Waals surface area contributed by atoms with E-state index in [2.05, 4.69) is 10.2 Å². The number of benzene rings is 1. The number of hydrogen-bond acceptors (Lipinski definition) is 7. The molecule has 33 heavy (non-hydrogen) atoms. The molecule has 4 N–H and O–H groups in total. The molecule has 1 aromatic heterocycles. The van der Waals surface area contributed by atoms with Crippen molar-refractivity contribution in [2.24, 2.45) is 5.92 Å². The molecule has 2 bridgehead atoms. The molecule has 8 heteroatoms. The number of ether oxygens (including phenoxy) is 1. The van der Waals surface area contributed by atoms with Crippen LogP contribution < -0.4 is 10.1 Å². The van der Waals surface area contributed by atoms with Crippen molar-refractivity contribution < 1.29 is 24.9 Å². The summed E-state index contributed by atoms with van der Waals surface area (Å²) in [6.45, 7) is 1.74. The number of carbonyl (C=O) groups excluding carboxylic acids is 1. The summed E-state index contributed by atoms with van der Waals surface area (Å²) in [5.41, 5.74) is 0.534. The highest BCUT2D eigenvalue weighted by Gasteiger charge is 2.73. The molecule has 4 atom stereocenters. The average Bonchev–Trinajstić information content (AvgIpc) is 3.31. The topological polar surface area (TPSA) is 102 Å². The number of thiophene rings is 1. The number of hydrogen-bond donors (Lipinski definition) is 4. The van der Waals surface area contributed by atoms with Gasteiger partial charge in [0.15, 0.2) is 17.6 Å². The number of phenols is 1. The minimum Gasteiger partial charge on any atom is -0.508 e. The number of phenolic OH excluding ortho intramolecular Hbond substituents is 1. The van der Waals surface area contributed by atoms with Crippen molar-refractivity contribution in [1.82, 2.24) is 4.90 Å². The Morgan fingerprint density at radius 1 is 1.27 bits per heavy atom. The zero-order valence-electron chi connectivity index (χ0n) is 18.1. The first kappa shape index (κ1) is 19.9. The molecule has 2 aromatic rings. The average molecular weight is 467 g/mol. The van der Waals surface area contributed by atoms with Crippen LogP contribution in [0, 0.1) is 5.92 Å². The summed E-state index contributed by atoms with van der Waals surface area (Å²) in [7, 11) is 0. The van der Waals surface area contributed by atoms with E-state index < -0.39 is 23.0 Å². The summed E-state index contributed by atoms with van der Waals surface area (Å²) in [5.74, 6) is 0.469. The summed E-state index contributed by atoms with van der Waals surface area (Å²) in [5, 5.41) is 41.1. The lowest BCUT2D eigenvalue weighted by molar-refractivity contribution is -0.172. The Hall–Kier alpha value is -2.55. The summed E-state index contributed by atoms with van der Waals surface area (Å²) >= 11 is 1.47. The van der Waals surface area contributed by atoms with Crippen LogP contribution in [0.25, 0.3) is 0 Å². The van der Waals surface area contributed by atoms with Crippen LogP contribution >= 0.6 is 11.3 Å². The van der Waals surface area contributed by atoms with Gasteiger partial charge in [0.2, 0.25) is 0 Å². The van der Waals surface area contributed by atoms with Gasteiger partial charge < -0.3 is 25.4 Å². The molecule has 3 aliphatic carbocycles. The number of rotatable bonds is 4. The molecule has 2 fully saturated rings. The lowest BCUT2D eigenvalue weighted by Gasteiger charge is -2.62. The first-order chi connectivity index (χ1) is 15.9. The molecule has 7 rings (SSSR count). The van der Waals surface area contributed by atoms with E-state index in [0.717, 1.165) is 24.2 Å². The molecule has 1 saturated carbocycles. The van der Waals surface area contributed by atoms with E-state index in [4.69, 9.17) is 4.74 Å². The lowest BCUT2D eigenvalue weighted by Crippen LogP contribution is -2.75. The predicted molar refractivity (Wildman–Crippen MR) is 123 cm³/mol. The third-order valence-corrected chi connectivity index (χ3v) is 9.25. The lowest BCUT2D eigenvalue weighted by atomic mass is 9.49. The molecule has 7 nitrogen and oxygen atoms in total. The molecule has 0 radical (unpaired) electrons. The fourth-order valence-electron chi connectivity index (χ4n) is 6.91. The van der Waals surface area contributed by atoms with Crippen molar-refractivity contribution in [3.8, 4) is 11.5 Å². The van der Waals surface area contributed by atoms with Gasteiger partial charge in [-0.15, -0.1) is 0 Å². The van der Waals surface area contributed by atoms with Crippen LogP contribution in [0.1, 0.15) is 36.8 Å². The van der Waals surface area contributed by atoms with E-state index >= 15 is 0 Å². The minimum absolute atomic E-state index is 0.0100. The monoisotopic (exact) mass is 466 g/mol. The van der Waals surface area contributed by atoms with Gasteiger partial charge in [-0.25, -0.2) is 0 Å². The van der Waals surface area contributed by atoms with Gasteiger partial charge in [-0.05, 0) is 61.2 Å². The standard InChI is InChI=1S/C25H26N2O5S/c28-17-4-3-14-9-18-25(31)10-16(23(30)26-15-5-8-33-12-15)20(29)22-24(25,19(14)21(17)32-22)6-7-27(18)11-13-1-2-13/h3-5,8,12-13,18,22,28-29,31H,1-2,6-7,9-11H2,(H,26,30)/t18-,22+,24+,25-/m1/s1. The number of piperidine rings is 1. The molecule has 1 amide bonds. The molecular formula is C25H26N2O5S. The second-order valence-electron chi connectivity index (χ2n) is 10.3. The molecule has 1 spiro atoms. The zero-order valence-corrected chi connectivity index (χ0v) is 18.9. The summed E-state index contributed by atoms with van der Waals surface area (Å²) in [4.78, 5) is 15.6. The van der Waals surface area contributed by atoms with Gasteiger partial charge >= 0.3 is 0 Å². The molecule has 1 aromatic carbocycles. The number of aliphatic hydroxyl groups is 2. The number of likely N-dealkylation sites (tertiary alicyclic amines) is 1. The fraction of sp³-hybridized carbons (Fsp3) is 0.480. The van der Waals surface area contributed by atoms with Gasteiger partial charge in [-0.1, -0.05) is 6.07 Å². The number of nitrogens with zero attached hydrogens (tertiary/aromatic N) is 1. The smallest absolute Gasteiger partial charge is 0.255 e. The first-order valence-electron chi connectivity index (χ1n) is 11.7. The number of carbonyl (C=O) groups is 1. The molecule has 3 heterocycles. The van der Waals surface area contributed by atoms with E-state index in [-0.39, 0.29) is 29.5 Å². The number of anilines is 1. The zero-order chi connectivity index (χ0) is 22.5. The van der Waals surface area contributed by atoms with E-state index in [0.29, 0.717) is 30.2 Å². The third-order valence-electron chi connectivity index (χ3n) is 8.57. The summed E-state index contributed by atoms with van der Waals surface area (Å²) < 4.78 is 6.22. The van der Waals surface area contributed by atoms with Crippen molar-refractivity contribution in [2.45, 2.75) is 55.3 Å². The van der Waals surface area contributed by atoms with E-state index in [9.17, 15) is 20.1 Å². The molecular weight excluding hydrogens is 440 g/mol. The van der Waals surface area contributed by atoms with E-state index in [1.54, 1.807) is 12.1 Å². The number of aliphatic hydroxyl groups excluding tert-OH is 1. The first-order valence-corrected chi connectivity index (χ1v) is 12.6. The van der Waals surface area contributed by atoms with Crippen LogP contribution in [-0.4, -0.2) is 57.0 Å². The summed E-state index contributed by atoms with van der Waals surface area (Å²) in [6, 6.07) is 5.18. The van der Waals surface area contributed by atoms with Crippen molar-refractivity contribution in [1.29, 1.82) is 0 Å². The van der Waals surface area contributed by atoms with Crippen LogP contribution in [0.15, 0.2) is 40.3 Å². The Balaban J connectivity index is 1.39. The van der Waals surface area contributed by atoms with Gasteiger partial charge in [0.25, 0.3) is 5.91 Å². The number of aromatic hydroxyl groups is 1. The van der Waals surface area contributed by atoms with Gasteiger partial charge in [0.1, 0.15) is 5.76 Å². The second-order valence-corrected chi connectivity index (χ2v) is 11.0. The molecule has 1 saturated heterocycles. The highest BCUT2D eigenvalue weighted by Crippen LogP contribution is 2.66. The summed E-state index contributed by atoms with van der Waals surface area (Å²) in [6.07, 6.45) is 2.83. The highest BCUT2D eigenvalue weighted by atomic mass is 32.1. The maximum absolute atomic E-state index is 13.3. The van der Waals surface area contributed by atoms with Gasteiger partial charge in [0, 0.05) is 30.0 Å². The Labute approximate surface area is 195 Å². The van der Waals surface area contributed by atoms with Crippen LogP contribution in [0.4, 0.5) is 5.69 Å². The molecule has 172 valence electrons. The van der Waals surface area contributed by atoms with Crippen LogP contribution in [0.5, 0.6) is 11.5 Å². The van der Waals surface area contributed by atoms with E-state index in [1.165, 1.54) is 24.2 Å². The van der Waals surface area contributed by atoms with Gasteiger partial charge in [-0.2, -0.15) is 11.3 Å². The highest BCUT2D eigenvalue weighted by molar-refractivity contribution is 7.08. The Morgan fingerprint density at radius 3 is 2.88 bits per heavy atom. The maximum Gasteiger partial charge on any atom is 0.255 e. The SMILES string of the molecule is O=C(Nc1ccsc1)C1=C(O)[C@@H]2Oc3c(O)ccc4c3[C@@]23CCN(CC2CC2)[C@H](C4)[C@]3(O)C1. The van der Waals surface area contributed by atoms with Crippen molar-refractivity contribution in [3.63, 3.8) is 0 Å². The largest absolute Gasteiger partial charge is 0.508 e. The van der Waals surface area contributed by atoms with Gasteiger partial charge in [0.05, 0.1) is 22.3 Å². The van der Waals surface area contributed by atoms with E-state index in [1.807, 2.05) is 16.8 Å². The third kappa shape index (κ3) is 2.49. The number of amides is 1.